The molecule has 0 radical (unpaired) electrons. The summed E-state index contributed by atoms with van der Waals surface area (Å²) in [6, 6.07) is 17.6. The maximum absolute atomic E-state index is 5.13. The van der Waals surface area contributed by atoms with Crippen LogP contribution in [0.4, 0.5) is 0 Å². The van der Waals surface area contributed by atoms with Gasteiger partial charge in [-0.15, -0.1) is 5.10 Å². The van der Waals surface area contributed by atoms with Gasteiger partial charge in [-0.05, 0) is 45.9 Å². The lowest BCUT2D eigenvalue weighted by Gasteiger charge is -2.23. The van der Waals surface area contributed by atoms with E-state index >= 15 is 0 Å². The first-order valence-corrected chi connectivity index (χ1v) is 13.7. The molecule has 0 spiro atoms. The molecule has 6 rings (SSSR count). The van der Waals surface area contributed by atoms with Gasteiger partial charge in [-0.3, -0.25) is 0 Å². The first-order valence-electron chi connectivity index (χ1n) is 13.7. The molecule has 0 unspecified atom stereocenters. The van der Waals surface area contributed by atoms with Crippen molar-refractivity contribution in [2.24, 2.45) is 5.92 Å². The van der Waals surface area contributed by atoms with Crippen molar-refractivity contribution >= 4 is 0 Å². The van der Waals surface area contributed by atoms with Crippen LogP contribution in [0.2, 0.25) is 0 Å². The number of hydrogen-bond acceptors (Lipinski definition) is 5. The van der Waals surface area contributed by atoms with Crippen molar-refractivity contribution in [3.8, 4) is 22.5 Å². The van der Waals surface area contributed by atoms with Crippen LogP contribution in [0, 0.1) is 5.92 Å². The van der Waals surface area contributed by atoms with Crippen molar-refractivity contribution < 1.29 is 0 Å². The van der Waals surface area contributed by atoms with Gasteiger partial charge in [0.15, 0.2) is 11.6 Å². The van der Waals surface area contributed by atoms with Crippen LogP contribution in [0.25, 0.3) is 22.5 Å². The SMILES string of the molecule is c1ccc(-c2nnn[nH]2)c(-c2ccc(Cc3nc(CC4CCCCC4)nn3C3CCCCC3)cc2)c1. The number of benzene rings is 2. The molecular weight excluding hydrogens is 446 g/mol. The van der Waals surface area contributed by atoms with Gasteiger partial charge in [0.05, 0.1) is 6.04 Å². The molecule has 7 nitrogen and oxygen atoms in total. The number of aromatic amines is 1. The summed E-state index contributed by atoms with van der Waals surface area (Å²) >= 11 is 0. The van der Waals surface area contributed by atoms with Gasteiger partial charge in [0, 0.05) is 18.4 Å². The molecule has 0 atom stereocenters. The summed E-state index contributed by atoms with van der Waals surface area (Å²) in [5.74, 6) is 3.63. The van der Waals surface area contributed by atoms with Gasteiger partial charge < -0.3 is 0 Å². The summed E-state index contributed by atoms with van der Waals surface area (Å²) in [4.78, 5) is 5.13. The Kier molecular flexibility index (Phi) is 6.87. The Morgan fingerprint density at radius 3 is 2.25 bits per heavy atom. The molecule has 1 N–H and O–H groups in total. The van der Waals surface area contributed by atoms with E-state index in [0.717, 1.165) is 47.1 Å². The molecule has 0 amide bonds. The Balaban J connectivity index is 1.24. The summed E-state index contributed by atoms with van der Waals surface area (Å²) < 4.78 is 2.30. The van der Waals surface area contributed by atoms with Crippen LogP contribution in [0.15, 0.2) is 48.5 Å². The molecule has 7 heteroatoms. The van der Waals surface area contributed by atoms with E-state index in [4.69, 9.17) is 10.1 Å². The summed E-state index contributed by atoms with van der Waals surface area (Å²) in [5.41, 5.74) is 4.53. The lowest BCUT2D eigenvalue weighted by molar-refractivity contribution is 0.317. The average molecular weight is 482 g/mol. The fourth-order valence-corrected chi connectivity index (χ4v) is 6.08. The molecule has 2 fully saturated rings. The molecular formula is C29H35N7. The second-order valence-corrected chi connectivity index (χ2v) is 10.6. The highest BCUT2D eigenvalue weighted by Gasteiger charge is 2.23. The van der Waals surface area contributed by atoms with E-state index in [1.165, 1.54) is 69.8 Å². The Labute approximate surface area is 212 Å². The Hall–Kier alpha value is -3.35. The normalized spacial score (nSPS) is 17.4. The van der Waals surface area contributed by atoms with Gasteiger partial charge in [-0.2, -0.15) is 5.10 Å². The molecule has 0 aliphatic heterocycles. The van der Waals surface area contributed by atoms with Gasteiger partial charge in [0.1, 0.15) is 5.82 Å². The van der Waals surface area contributed by atoms with E-state index in [1.54, 1.807) is 0 Å². The van der Waals surface area contributed by atoms with Crippen LogP contribution in [-0.2, 0) is 12.8 Å². The Morgan fingerprint density at radius 1 is 0.806 bits per heavy atom. The van der Waals surface area contributed by atoms with Gasteiger partial charge in [-0.1, -0.05) is 99.9 Å². The second-order valence-electron chi connectivity index (χ2n) is 10.6. The molecule has 2 aliphatic carbocycles. The number of rotatable bonds is 7. The summed E-state index contributed by atoms with van der Waals surface area (Å²) in [5, 5.41) is 19.6. The molecule has 2 aromatic carbocycles. The molecule has 2 aromatic heterocycles. The number of H-pyrrole nitrogens is 1. The fourth-order valence-electron chi connectivity index (χ4n) is 6.08. The van der Waals surface area contributed by atoms with Crippen molar-refractivity contribution in [3.63, 3.8) is 0 Å². The lowest BCUT2D eigenvalue weighted by Crippen LogP contribution is -2.17. The Bertz CT molecular complexity index is 1250. The third-order valence-corrected chi connectivity index (χ3v) is 8.02. The first kappa shape index (κ1) is 23.1. The van der Waals surface area contributed by atoms with Crippen LogP contribution in [-0.4, -0.2) is 35.4 Å². The zero-order valence-electron chi connectivity index (χ0n) is 20.9. The maximum atomic E-state index is 5.13. The minimum Gasteiger partial charge on any atom is -0.246 e. The number of aromatic nitrogens is 7. The van der Waals surface area contributed by atoms with Crippen molar-refractivity contribution in [1.82, 2.24) is 35.4 Å². The number of hydrogen-bond donors (Lipinski definition) is 1. The van der Waals surface area contributed by atoms with Crippen molar-refractivity contribution in [2.75, 3.05) is 0 Å². The highest BCUT2D eigenvalue weighted by molar-refractivity contribution is 5.80. The van der Waals surface area contributed by atoms with E-state index in [2.05, 4.69) is 61.7 Å². The smallest absolute Gasteiger partial charge is 0.180 e. The molecule has 2 aliphatic rings. The maximum Gasteiger partial charge on any atom is 0.180 e. The standard InChI is InChI=1S/C29H35N7/c1-3-9-21(10-4-1)19-27-30-28(36(33-27)24-11-5-2-6-12-24)20-22-15-17-23(18-16-22)25-13-7-8-14-26(25)29-31-34-35-32-29/h7-8,13-18,21,24H,1-6,9-12,19-20H2,(H,31,32,34,35). The average Bonchev–Trinajstić information content (AvgIpc) is 3.61. The van der Waals surface area contributed by atoms with Crippen LogP contribution >= 0.6 is 0 Å². The molecule has 0 bridgehead atoms. The largest absolute Gasteiger partial charge is 0.246 e. The van der Waals surface area contributed by atoms with E-state index < -0.39 is 0 Å². The lowest BCUT2D eigenvalue weighted by atomic mass is 9.87. The highest BCUT2D eigenvalue weighted by atomic mass is 15.5. The number of nitrogens with zero attached hydrogens (tertiary/aromatic N) is 6. The van der Waals surface area contributed by atoms with E-state index in [-0.39, 0.29) is 0 Å². The van der Waals surface area contributed by atoms with Crippen LogP contribution in [0.3, 0.4) is 0 Å². The van der Waals surface area contributed by atoms with Crippen molar-refractivity contribution in [2.45, 2.75) is 83.1 Å². The van der Waals surface area contributed by atoms with Crippen molar-refractivity contribution in [3.05, 3.63) is 65.7 Å². The van der Waals surface area contributed by atoms with E-state index in [1.807, 2.05) is 12.1 Å². The number of nitrogens with one attached hydrogen (secondary N) is 1. The zero-order valence-corrected chi connectivity index (χ0v) is 20.9. The van der Waals surface area contributed by atoms with Gasteiger partial charge in [-0.25, -0.2) is 14.8 Å². The van der Waals surface area contributed by atoms with Crippen LogP contribution in [0.1, 0.15) is 87.5 Å². The number of tetrazole rings is 1. The summed E-state index contributed by atoms with van der Waals surface area (Å²) in [6.45, 7) is 0. The van der Waals surface area contributed by atoms with E-state index in [0.29, 0.717) is 11.9 Å². The van der Waals surface area contributed by atoms with Gasteiger partial charge in [0.2, 0.25) is 0 Å². The minimum atomic E-state index is 0.503. The predicted octanol–water partition coefficient (Wildman–Crippen LogP) is 6.34. The molecule has 2 saturated carbocycles. The molecule has 0 saturated heterocycles. The topological polar surface area (TPSA) is 85.2 Å². The monoisotopic (exact) mass is 481 g/mol. The Morgan fingerprint density at radius 2 is 1.53 bits per heavy atom. The highest BCUT2D eigenvalue weighted by Crippen LogP contribution is 2.32. The van der Waals surface area contributed by atoms with Gasteiger partial charge in [0.25, 0.3) is 0 Å². The zero-order chi connectivity index (χ0) is 24.2. The van der Waals surface area contributed by atoms with Crippen molar-refractivity contribution in [1.29, 1.82) is 0 Å². The fraction of sp³-hybridized carbons (Fsp3) is 0.483. The molecule has 2 heterocycles. The van der Waals surface area contributed by atoms with E-state index in [9.17, 15) is 0 Å². The summed E-state index contributed by atoms with van der Waals surface area (Å²) in [7, 11) is 0. The molecule has 36 heavy (non-hydrogen) atoms. The second kappa shape index (κ2) is 10.7. The first-order chi connectivity index (χ1) is 17.8. The summed E-state index contributed by atoms with van der Waals surface area (Å²) in [6.07, 6.45) is 15.1. The van der Waals surface area contributed by atoms with Gasteiger partial charge >= 0.3 is 0 Å². The third-order valence-electron chi connectivity index (χ3n) is 8.02. The van der Waals surface area contributed by atoms with Crippen LogP contribution < -0.4 is 0 Å². The van der Waals surface area contributed by atoms with Crippen LogP contribution in [0.5, 0.6) is 0 Å². The minimum absolute atomic E-state index is 0.503. The predicted molar refractivity (Wildman–Crippen MR) is 140 cm³/mol. The quantitative estimate of drug-likeness (QED) is 0.333. The third kappa shape index (κ3) is 5.11. The molecule has 4 aromatic rings. The molecule has 186 valence electrons.